The van der Waals surface area contributed by atoms with Gasteiger partial charge in [0.1, 0.15) is 0 Å². The Hall–Kier alpha value is -3.65. The summed E-state index contributed by atoms with van der Waals surface area (Å²) in [5.74, 6) is 0. The van der Waals surface area contributed by atoms with Crippen molar-refractivity contribution in [2.45, 2.75) is 24.8 Å². The molecule has 4 aromatic rings. The second kappa shape index (κ2) is 8.95. The lowest BCUT2D eigenvalue weighted by Crippen LogP contribution is -2.30. The van der Waals surface area contributed by atoms with Gasteiger partial charge in [0.15, 0.2) is 5.11 Å². The van der Waals surface area contributed by atoms with Crippen LogP contribution in [-0.2, 0) is 12.7 Å². The van der Waals surface area contributed by atoms with Crippen molar-refractivity contribution in [1.82, 2.24) is 19.8 Å². The van der Waals surface area contributed by atoms with Crippen LogP contribution >= 0.6 is 12.2 Å². The summed E-state index contributed by atoms with van der Waals surface area (Å²) in [5, 5.41) is 3.97. The van der Waals surface area contributed by atoms with E-state index in [1.54, 1.807) is 23.0 Å². The van der Waals surface area contributed by atoms with Crippen molar-refractivity contribution < 1.29 is 13.2 Å². The number of aromatic nitrogens is 2. The molecule has 172 valence electrons. The minimum Gasteiger partial charge on any atom is -0.352 e. The number of nitrogens with one attached hydrogen (secondary N) is 1. The zero-order valence-electron chi connectivity index (χ0n) is 18.0. The maximum atomic E-state index is 13.4. The maximum Gasteiger partial charge on any atom is 0.416 e. The van der Waals surface area contributed by atoms with Gasteiger partial charge in [-0.2, -0.15) is 13.2 Å². The van der Waals surface area contributed by atoms with Crippen molar-refractivity contribution in [1.29, 1.82) is 0 Å². The van der Waals surface area contributed by atoms with Gasteiger partial charge in [0, 0.05) is 30.3 Å². The predicted octanol–water partition coefficient (Wildman–Crippen LogP) is 6.06. The van der Waals surface area contributed by atoms with Crippen LogP contribution in [0.1, 0.15) is 34.6 Å². The Balaban J connectivity index is 1.60. The third-order valence-corrected chi connectivity index (χ3v) is 6.28. The minimum atomic E-state index is -4.42. The van der Waals surface area contributed by atoms with E-state index < -0.39 is 11.7 Å². The first kappa shape index (κ1) is 22.2. The van der Waals surface area contributed by atoms with Gasteiger partial charge in [0.05, 0.1) is 23.3 Å². The Bertz CT molecular complexity index is 1290. The van der Waals surface area contributed by atoms with Gasteiger partial charge >= 0.3 is 6.18 Å². The Kier molecular flexibility index (Phi) is 5.83. The highest BCUT2D eigenvalue weighted by Gasteiger charge is 2.41. The molecule has 3 heterocycles. The SMILES string of the molecule is FC(F)(F)c1cccc(-n2cccc2[C@@H]2[C@@H](c3ccccn3)NC(=S)N2Cc2ccccc2)c1. The molecule has 4 nitrogen and oxygen atoms in total. The van der Waals surface area contributed by atoms with Crippen LogP contribution in [0.4, 0.5) is 13.2 Å². The van der Waals surface area contributed by atoms with Gasteiger partial charge in [-0.05, 0) is 60.2 Å². The number of rotatable bonds is 5. The van der Waals surface area contributed by atoms with Crippen LogP contribution in [0, 0.1) is 0 Å². The molecule has 1 fully saturated rings. The van der Waals surface area contributed by atoms with E-state index in [9.17, 15) is 13.2 Å². The van der Waals surface area contributed by atoms with Gasteiger partial charge in [-0.15, -0.1) is 0 Å². The molecule has 0 bridgehead atoms. The molecule has 1 aliphatic rings. The first-order chi connectivity index (χ1) is 16.4. The van der Waals surface area contributed by atoms with E-state index in [2.05, 4.69) is 15.2 Å². The van der Waals surface area contributed by atoms with E-state index in [4.69, 9.17) is 12.2 Å². The highest BCUT2D eigenvalue weighted by atomic mass is 32.1. The molecule has 34 heavy (non-hydrogen) atoms. The van der Waals surface area contributed by atoms with Crippen molar-refractivity contribution in [3.63, 3.8) is 0 Å². The molecule has 0 aliphatic carbocycles. The zero-order chi connectivity index (χ0) is 23.7. The first-order valence-corrected chi connectivity index (χ1v) is 11.2. The summed E-state index contributed by atoms with van der Waals surface area (Å²) in [6.45, 7) is 0.550. The fourth-order valence-corrected chi connectivity index (χ4v) is 4.68. The third kappa shape index (κ3) is 4.28. The Morgan fingerprint density at radius 2 is 1.71 bits per heavy atom. The average Bonchev–Trinajstić information content (AvgIpc) is 3.45. The van der Waals surface area contributed by atoms with Gasteiger partial charge < -0.3 is 14.8 Å². The van der Waals surface area contributed by atoms with Crippen LogP contribution in [0.25, 0.3) is 5.69 Å². The standard InChI is InChI=1S/C26H21F3N4S/c27-26(28,29)19-10-6-11-20(16-19)32-15-7-13-22(32)24-23(21-12-4-5-14-30-21)31-25(34)33(24)17-18-8-2-1-3-9-18/h1-16,23-24H,17H2,(H,31,34)/t23-,24-/m1/s1. The second-order valence-electron chi connectivity index (χ2n) is 8.09. The molecule has 2 aromatic carbocycles. The molecule has 2 atom stereocenters. The lowest BCUT2D eigenvalue weighted by atomic mass is 10.0. The van der Waals surface area contributed by atoms with Crippen molar-refractivity contribution in [2.24, 2.45) is 0 Å². The second-order valence-corrected chi connectivity index (χ2v) is 8.48. The van der Waals surface area contributed by atoms with Gasteiger partial charge in [-0.1, -0.05) is 42.5 Å². The average molecular weight is 479 g/mol. The zero-order valence-corrected chi connectivity index (χ0v) is 18.8. The van der Waals surface area contributed by atoms with Crippen molar-refractivity contribution in [3.8, 4) is 5.69 Å². The van der Waals surface area contributed by atoms with E-state index >= 15 is 0 Å². The van der Waals surface area contributed by atoms with Gasteiger partial charge in [0.25, 0.3) is 0 Å². The van der Waals surface area contributed by atoms with Crippen LogP contribution in [0.3, 0.4) is 0 Å². The highest BCUT2D eigenvalue weighted by Crippen LogP contribution is 2.40. The molecule has 2 aromatic heterocycles. The fraction of sp³-hybridized carbons (Fsp3) is 0.154. The van der Waals surface area contributed by atoms with Crippen LogP contribution in [0.15, 0.2) is 97.3 Å². The largest absolute Gasteiger partial charge is 0.416 e. The smallest absolute Gasteiger partial charge is 0.352 e. The lowest BCUT2D eigenvalue weighted by molar-refractivity contribution is -0.137. The highest BCUT2D eigenvalue weighted by molar-refractivity contribution is 7.80. The topological polar surface area (TPSA) is 33.1 Å². The maximum absolute atomic E-state index is 13.4. The lowest BCUT2D eigenvalue weighted by Gasteiger charge is -2.29. The minimum absolute atomic E-state index is 0.267. The first-order valence-electron chi connectivity index (χ1n) is 10.8. The molecule has 8 heteroatoms. The normalized spacial score (nSPS) is 18.2. The number of benzene rings is 2. The molecule has 0 saturated carbocycles. The quantitative estimate of drug-likeness (QED) is 0.353. The molecule has 0 spiro atoms. The number of nitrogens with zero attached hydrogens (tertiary/aromatic N) is 3. The van der Waals surface area contributed by atoms with Crippen molar-refractivity contribution >= 4 is 17.3 Å². The Morgan fingerprint density at radius 1 is 0.912 bits per heavy atom. The van der Waals surface area contributed by atoms with Crippen molar-refractivity contribution in [2.75, 3.05) is 0 Å². The van der Waals surface area contributed by atoms with Crippen LogP contribution < -0.4 is 5.32 Å². The van der Waals surface area contributed by atoms with E-state index in [1.165, 1.54) is 12.1 Å². The van der Waals surface area contributed by atoms with Crippen molar-refractivity contribution in [3.05, 3.63) is 120 Å². The number of hydrogen-bond acceptors (Lipinski definition) is 2. The van der Waals surface area contributed by atoms with E-state index in [1.807, 2.05) is 60.7 Å². The Morgan fingerprint density at radius 3 is 2.44 bits per heavy atom. The summed E-state index contributed by atoms with van der Waals surface area (Å²) < 4.78 is 42.0. The predicted molar refractivity (Wildman–Crippen MR) is 128 cm³/mol. The Labute approximate surface area is 200 Å². The molecule has 5 rings (SSSR count). The number of pyridine rings is 1. The van der Waals surface area contributed by atoms with Crippen LogP contribution in [0.5, 0.6) is 0 Å². The molecule has 1 N–H and O–H groups in total. The number of thiocarbonyl (C=S) groups is 1. The summed E-state index contributed by atoms with van der Waals surface area (Å²) in [5.41, 5.74) is 2.45. The summed E-state index contributed by atoms with van der Waals surface area (Å²) in [6.07, 6.45) is -0.916. The molecule has 1 saturated heterocycles. The summed E-state index contributed by atoms with van der Waals surface area (Å²) >= 11 is 5.73. The van der Waals surface area contributed by atoms with Crippen LogP contribution in [-0.4, -0.2) is 19.6 Å². The number of halogens is 3. The monoisotopic (exact) mass is 478 g/mol. The summed E-state index contributed by atoms with van der Waals surface area (Å²) in [6, 6.07) is 24.2. The van der Waals surface area contributed by atoms with E-state index in [0.29, 0.717) is 17.3 Å². The molecule has 0 unspecified atom stereocenters. The fourth-order valence-electron chi connectivity index (χ4n) is 4.38. The van der Waals surface area contributed by atoms with Gasteiger partial charge in [-0.3, -0.25) is 4.98 Å². The van der Waals surface area contributed by atoms with Gasteiger partial charge in [-0.25, -0.2) is 0 Å². The molecule has 0 radical (unpaired) electrons. The summed E-state index contributed by atoms with van der Waals surface area (Å²) in [7, 11) is 0. The molecular formula is C26H21F3N4S. The molecule has 0 amide bonds. The van der Waals surface area contributed by atoms with Crippen LogP contribution in [0.2, 0.25) is 0 Å². The number of alkyl halides is 3. The van der Waals surface area contributed by atoms with Gasteiger partial charge in [0.2, 0.25) is 0 Å². The molecular weight excluding hydrogens is 457 g/mol. The summed E-state index contributed by atoms with van der Waals surface area (Å²) in [4.78, 5) is 6.61. The van der Waals surface area contributed by atoms with E-state index in [0.717, 1.165) is 23.0 Å². The van der Waals surface area contributed by atoms with E-state index in [-0.39, 0.29) is 12.1 Å². The molecule has 1 aliphatic heterocycles. The number of hydrogen-bond donors (Lipinski definition) is 1. The third-order valence-electron chi connectivity index (χ3n) is 5.93.